The van der Waals surface area contributed by atoms with Crippen molar-refractivity contribution in [1.82, 2.24) is 4.31 Å². The fraction of sp³-hybridized carbons (Fsp3) is 0.400. The molecule has 0 N–H and O–H groups in total. The summed E-state index contributed by atoms with van der Waals surface area (Å²) < 4.78 is 32.2. The van der Waals surface area contributed by atoms with E-state index in [2.05, 4.69) is 0 Å². The van der Waals surface area contributed by atoms with E-state index < -0.39 is 28.5 Å². The summed E-state index contributed by atoms with van der Waals surface area (Å²) in [6.45, 7) is 9.19. The van der Waals surface area contributed by atoms with Crippen molar-refractivity contribution in [2.45, 2.75) is 45.9 Å². The second-order valence-corrected chi connectivity index (χ2v) is 9.88. The summed E-state index contributed by atoms with van der Waals surface area (Å²) in [7, 11) is -3.75. The van der Waals surface area contributed by atoms with Gasteiger partial charge in [-0.3, -0.25) is 4.79 Å². The molecule has 2 aromatic carbocycles. The third-order valence-electron chi connectivity index (χ3n) is 5.37. The molecule has 0 heterocycles. The first-order valence-corrected chi connectivity index (χ1v) is 12.5. The molecule has 0 atom stereocenters. The van der Waals surface area contributed by atoms with Gasteiger partial charge in [-0.15, -0.1) is 0 Å². The minimum absolute atomic E-state index is 0.00837. The van der Waals surface area contributed by atoms with Gasteiger partial charge in [0.15, 0.2) is 6.61 Å². The van der Waals surface area contributed by atoms with E-state index in [1.165, 1.54) is 21.3 Å². The van der Waals surface area contributed by atoms with Crippen molar-refractivity contribution >= 4 is 27.6 Å². The molecular weight excluding hydrogens is 454 g/mol. The van der Waals surface area contributed by atoms with E-state index in [1.54, 1.807) is 26.8 Å². The Morgan fingerprint density at radius 3 is 2.18 bits per heavy atom. The molecule has 0 spiro atoms. The fourth-order valence-electron chi connectivity index (χ4n) is 3.64. The van der Waals surface area contributed by atoms with Crippen LogP contribution in [-0.4, -0.2) is 50.8 Å². The van der Waals surface area contributed by atoms with Crippen LogP contribution < -0.4 is 4.90 Å². The number of amides is 1. The summed E-state index contributed by atoms with van der Waals surface area (Å²) in [5.41, 5.74) is 3.16. The Bertz CT molecular complexity index is 1180. The van der Waals surface area contributed by atoms with Gasteiger partial charge in [0.05, 0.1) is 22.9 Å². The average molecular weight is 486 g/mol. The van der Waals surface area contributed by atoms with Crippen LogP contribution in [0.2, 0.25) is 0 Å². The van der Waals surface area contributed by atoms with Gasteiger partial charge in [-0.2, -0.15) is 9.57 Å². The maximum absolute atomic E-state index is 12.9. The van der Waals surface area contributed by atoms with Gasteiger partial charge in [0.2, 0.25) is 10.0 Å². The maximum atomic E-state index is 12.9. The van der Waals surface area contributed by atoms with Gasteiger partial charge in [-0.25, -0.2) is 13.2 Å². The molecule has 0 bridgehead atoms. The Morgan fingerprint density at radius 2 is 1.62 bits per heavy atom. The van der Waals surface area contributed by atoms with Crippen molar-refractivity contribution < 1.29 is 22.7 Å². The SMILES string of the molecule is CCN(CC)S(=O)(=O)c1ccc(C)c(C(=O)OCC(=O)N(CCC#N)c2cc(C)cc(C)c2)c1. The number of rotatable bonds is 10. The molecule has 0 saturated carbocycles. The fourth-order valence-corrected chi connectivity index (χ4v) is 5.13. The molecule has 0 saturated heterocycles. The Balaban J connectivity index is 2.25. The van der Waals surface area contributed by atoms with Crippen molar-refractivity contribution in [3.05, 3.63) is 58.7 Å². The number of nitriles is 1. The molecule has 1 amide bonds. The molecule has 0 fully saturated rings. The standard InChI is InChI=1S/C25H31N3O5S/c1-6-27(7-2)34(31,32)22-10-9-20(5)23(16-22)25(30)33-17-24(29)28(12-8-11-26)21-14-18(3)13-19(4)15-21/h9-10,13-16H,6-8,12,17H2,1-5H3. The van der Waals surface area contributed by atoms with Crippen LogP contribution >= 0.6 is 0 Å². The highest BCUT2D eigenvalue weighted by molar-refractivity contribution is 7.89. The predicted octanol–water partition coefficient (Wildman–Crippen LogP) is 3.75. The molecule has 2 rings (SSSR count). The maximum Gasteiger partial charge on any atom is 0.338 e. The number of carbonyl (C=O) groups excluding carboxylic acids is 2. The normalized spacial score (nSPS) is 11.2. The zero-order chi connectivity index (χ0) is 25.5. The first-order chi connectivity index (χ1) is 16.0. The van der Waals surface area contributed by atoms with Crippen molar-refractivity contribution in [2.75, 3.05) is 31.1 Å². The number of aryl methyl sites for hydroxylation is 3. The van der Waals surface area contributed by atoms with E-state index in [0.29, 0.717) is 24.3 Å². The number of sulfonamides is 1. The van der Waals surface area contributed by atoms with Crippen molar-refractivity contribution in [2.24, 2.45) is 0 Å². The smallest absolute Gasteiger partial charge is 0.338 e. The molecule has 0 aromatic heterocycles. The number of ether oxygens (including phenoxy) is 1. The van der Waals surface area contributed by atoms with E-state index in [1.807, 2.05) is 38.1 Å². The van der Waals surface area contributed by atoms with Crippen LogP contribution in [0.5, 0.6) is 0 Å². The average Bonchev–Trinajstić information content (AvgIpc) is 2.77. The van der Waals surface area contributed by atoms with Crippen molar-refractivity contribution in [3.8, 4) is 6.07 Å². The number of hydrogen-bond donors (Lipinski definition) is 0. The number of anilines is 1. The van der Waals surface area contributed by atoms with Crippen molar-refractivity contribution in [1.29, 1.82) is 5.26 Å². The molecule has 9 heteroatoms. The minimum Gasteiger partial charge on any atom is -0.452 e. The number of carbonyl (C=O) groups is 2. The molecule has 0 aliphatic carbocycles. The first kappa shape index (κ1) is 27.0. The number of esters is 1. The van der Waals surface area contributed by atoms with Crippen LogP contribution in [0.4, 0.5) is 5.69 Å². The summed E-state index contributed by atoms with van der Waals surface area (Å²) in [5, 5.41) is 8.99. The molecule has 0 aliphatic rings. The van der Waals surface area contributed by atoms with E-state index in [-0.39, 0.29) is 23.4 Å². The summed E-state index contributed by atoms with van der Waals surface area (Å²) in [6, 6.07) is 11.9. The Kier molecular flexibility index (Phi) is 9.36. The van der Waals surface area contributed by atoms with Gasteiger partial charge in [0.25, 0.3) is 5.91 Å². The predicted molar refractivity (Wildman–Crippen MR) is 130 cm³/mol. The molecule has 8 nitrogen and oxygen atoms in total. The first-order valence-electron chi connectivity index (χ1n) is 11.1. The van der Waals surface area contributed by atoms with E-state index in [0.717, 1.165) is 11.1 Å². The van der Waals surface area contributed by atoms with E-state index in [9.17, 15) is 18.0 Å². The lowest BCUT2D eigenvalue weighted by Gasteiger charge is -2.23. The van der Waals surface area contributed by atoms with Gasteiger partial charge in [-0.05, 0) is 61.7 Å². The third-order valence-corrected chi connectivity index (χ3v) is 7.41. The highest BCUT2D eigenvalue weighted by Crippen LogP contribution is 2.22. The number of benzene rings is 2. The topological polar surface area (TPSA) is 108 Å². The molecule has 34 heavy (non-hydrogen) atoms. The third kappa shape index (κ3) is 6.43. The van der Waals surface area contributed by atoms with Gasteiger partial charge in [0, 0.05) is 25.3 Å². The molecule has 0 aliphatic heterocycles. The summed E-state index contributed by atoms with van der Waals surface area (Å²) in [4.78, 5) is 27.1. The number of nitrogens with zero attached hydrogens (tertiary/aromatic N) is 3. The highest BCUT2D eigenvalue weighted by atomic mass is 32.2. The van der Waals surface area contributed by atoms with Gasteiger partial charge in [-0.1, -0.05) is 26.0 Å². The van der Waals surface area contributed by atoms with Crippen molar-refractivity contribution in [3.63, 3.8) is 0 Å². The monoisotopic (exact) mass is 485 g/mol. The molecular formula is C25H31N3O5S. The van der Waals surface area contributed by atoms with Gasteiger partial charge < -0.3 is 9.64 Å². The Morgan fingerprint density at radius 1 is 1.00 bits per heavy atom. The summed E-state index contributed by atoms with van der Waals surface area (Å²) >= 11 is 0. The quantitative estimate of drug-likeness (QED) is 0.474. The zero-order valence-corrected chi connectivity index (χ0v) is 21.1. The molecule has 2 aromatic rings. The van der Waals surface area contributed by atoms with Crippen LogP contribution in [0.25, 0.3) is 0 Å². The van der Waals surface area contributed by atoms with Crippen LogP contribution in [0, 0.1) is 32.1 Å². The molecule has 182 valence electrons. The summed E-state index contributed by atoms with van der Waals surface area (Å²) in [5.74, 6) is -1.26. The lowest BCUT2D eigenvalue weighted by molar-refractivity contribution is -0.121. The van der Waals surface area contributed by atoms with Crippen LogP contribution in [0.3, 0.4) is 0 Å². The largest absolute Gasteiger partial charge is 0.452 e. The number of hydrogen-bond acceptors (Lipinski definition) is 6. The van der Waals surface area contributed by atoms with Gasteiger partial charge >= 0.3 is 5.97 Å². The van der Waals surface area contributed by atoms with Gasteiger partial charge in [0.1, 0.15) is 0 Å². The Labute approximate surface area is 201 Å². The second kappa shape index (κ2) is 11.8. The molecule has 0 unspecified atom stereocenters. The summed E-state index contributed by atoms with van der Waals surface area (Å²) in [6.07, 6.45) is 0.122. The lowest BCUT2D eigenvalue weighted by Crippen LogP contribution is -2.35. The van der Waals surface area contributed by atoms with E-state index in [4.69, 9.17) is 10.00 Å². The highest BCUT2D eigenvalue weighted by Gasteiger charge is 2.25. The Hall–Kier alpha value is -3.22. The van der Waals surface area contributed by atoms with Crippen LogP contribution in [0.15, 0.2) is 41.3 Å². The zero-order valence-electron chi connectivity index (χ0n) is 20.3. The van der Waals surface area contributed by atoms with Crippen LogP contribution in [-0.2, 0) is 19.6 Å². The molecule has 0 radical (unpaired) electrons. The minimum atomic E-state index is -3.75. The van der Waals surface area contributed by atoms with Crippen LogP contribution in [0.1, 0.15) is 47.3 Å². The lowest BCUT2D eigenvalue weighted by atomic mass is 10.1. The second-order valence-electron chi connectivity index (χ2n) is 7.94. The van der Waals surface area contributed by atoms with E-state index >= 15 is 0 Å².